The molecule has 0 atom stereocenters. The Bertz CT molecular complexity index is 931. The van der Waals surface area contributed by atoms with Crippen molar-refractivity contribution >= 4 is 24.0 Å². The minimum Gasteiger partial charge on any atom is -0.456 e. The van der Waals surface area contributed by atoms with E-state index in [0.717, 1.165) is 43.4 Å². The summed E-state index contributed by atoms with van der Waals surface area (Å²) in [7, 11) is 0. The van der Waals surface area contributed by atoms with Crippen LogP contribution >= 0.6 is 0 Å². The zero-order valence-electron chi connectivity index (χ0n) is 17.6. The first kappa shape index (κ1) is 21.1. The summed E-state index contributed by atoms with van der Waals surface area (Å²) in [6.45, 7) is 3.34. The van der Waals surface area contributed by atoms with Gasteiger partial charge in [0.05, 0.1) is 16.7 Å². The third-order valence-electron chi connectivity index (χ3n) is 6.57. The molecule has 31 heavy (non-hydrogen) atoms. The number of pyridine rings is 1. The Labute approximate surface area is 180 Å². The standard InChI is InChI=1S/C21H27N7O3/c1-14-17(12-31-19(14)29)28-9-8-21(20(28)30)6-4-16(5-7-21)23-10-15-2-3-18(24-11-15)25-13-26-27-22/h2-3,11,13,16,23H,4-10,12H2,1H3,(H2,22,24,25,26). The highest BCUT2D eigenvalue weighted by Crippen LogP contribution is 2.46. The van der Waals surface area contributed by atoms with Gasteiger partial charge < -0.3 is 20.8 Å². The van der Waals surface area contributed by atoms with E-state index < -0.39 is 0 Å². The molecule has 1 saturated heterocycles. The molecule has 1 saturated carbocycles. The highest BCUT2D eigenvalue weighted by molar-refractivity contribution is 5.94. The van der Waals surface area contributed by atoms with Gasteiger partial charge in [0.1, 0.15) is 12.9 Å². The van der Waals surface area contributed by atoms with Crippen LogP contribution in [0.5, 0.6) is 0 Å². The summed E-state index contributed by atoms with van der Waals surface area (Å²) in [6.07, 6.45) is 7.51. The van der Waals surface area contributed by atoms with Crippen LogP contribution in [-0.2, 0) is 20.9 Å². The van der Waals surface area contributed by atoms with Crippen molar-refractivity contribution in [3.8, 4) is 0 Å². The van der Waals surface area contributed by atoms with Crippen molar-refractivity contribution in [2.24, 2.45) is 26.6 Å². The number of ether oxygens (including phenoxy) is 1. The maximum atomic E-state index is 13.2. The van der Waals surface area contributed by atoms with Gasteiger partial charge in [0.15, 0.2) is 5.82 Å². The van der Waals surface area contributed by atoms with Crippen LogP contribution in [0.1, 0.15) is 44.6 Å². The van der Waals surface area contributed by atoms with Crippen molar-refractivity contribution < 1.29 is 14.3 Å². The quantitative estimate of drug-likeness (QED) is 0.179. The molecule has 0 bridgehead atoms. The first-order valence-corrected chi connectivity index (χ1v) is 10.5. The fourth-order valence-corrected chi connectivity index (χ4v) is 4.64. The molecule has 3 aliphatic rings. The first-order chi connectivity index (χ1) is 15.0. The predicted octanol–water partition coefficient (Wildman–Crippen LogP) is 2.15. The Kier molecular flexibility index (Phi) is 6.08. The van der Waals surface area contributed by atoms with Crippen LogP contribution in [-0.4, -0.2) is 47.3 Å². The number of carbonyl (C=O) groups is 2. The summed E-state index contributed by atoms with van der Waals surface area (Å²) < 4.78 is 5.09. The van der Waals surface area contributed by atoms with E-state index in [0.29, 0.717) is 30.5 Å². The number of nitrogens with zero attached hydrogens (tertiary/aromatic N) is 5. The van der Waals surface area contributed by atoms with Gasteiger partial charge in [-0.05, 0) is 50.7 Å². The van der Waals surface area contributed by atoms with E-state index in [4.69, 9.17) is 10.6 Å². The minimum atomic E-state index is -0.313. The molecule has 1 aliphatic carbocycles. The Morgan fingerprint density at radius 1 is 1.32 bits per heavy atom. The number of hydrogen-bond donors (Lipinski definition) is 2. The van der Waals surface area contributed by atoms with Gasteiger partial charge in [0.25, 0.3) is 0 Å². The van der Waals surface area contributed by atoms with E-state index in [-0.39, 0.29) is 23.9 Å². The van der Waals surface area contributed by atoms with Crippen LogP contribution in [0.3, 0.4) is 0 Å². The number of aromatic nitrogens is 1. The monoisotopic (exact) mass is 425 g/mol. The second-order valence-electron chi connectivity index (χ2n) is 8.29. The molecule has 164 valence electrons. The Balaban J connectivity index is 1.28. The van der Waals surface area contributed by atoms with Gasteiger partial charge in [-0.1, -0.05) is 11.3 Å². The van der Waals surface area contributed by atoms with Crippen molar-refractivity contribution in [3.63, 3.8) is 0 Å². The molecule has 1 aromatic heterocycles. The summed E-state index contributed by atoms with van der Waals surface area (Å²) >= 11 is 0. The lowest BCUT2D eigenvalue weighted by Crippen LogP contribution is -2.42. The highest BCUT2D eigenvalue weighted by atomic mass is 16.5. The average molecular weight is 425 g/mol. The smallest absolute Gasteiger partial charge is 0.336 e. The SMILES string of the molecule is CC1=C(N2CCC3(CCC(NCc4ccc(N=CN=NN)nc4)CC3)C2=O)COC1=O. The lowest BCUT2D eigenvalue weighted by Gasteiger charge is -2.36. The van der Waals surface area contributed by atoms with E-state index in [1.54, 1.807) is 18.0 Å². The fourth-order valence-electron chi connectivity index (χ4n) is 4.64. The highest BCUT2D eigenvalue weighted by Gasteiger charge is 2.50. The molecule has 1 aromatic rings. The van der Waals surface area contributed by atoms with Crippen LogP contribution in [0.4, 0.5) is 5.82 Å². The second kappa shape index (κ2) is 8.93. The van der Waals surface area contributed by atoms with Gasteiger partial charge in [0.2, 0.25) is 5.91 Å². The van der Waals surface area contributed by atoms with Crippen molar-refractivity contribution in [2.45, 2.75) is 51.6 Å². The van der Waals surface area contributed by atoms with Gasteiger partial charge in [-0.15, -0.1) is 5.11 Å². The number of nitrogens with one attached hydrogen (secondary N) is 1. The Morgan fingerprint density at radius 2 is 2.13 bits per heavy atom. The third-order valence-corrected chi connectivity index (χ3v) is 6.57. The lowest BCUT2D eigenvalue weighted by atomic mass is 9.71. The summed E-state index contributed by atoms with van der Waals surface area (Å²) in [5.74, 6) is 5.31. The molecule has 10 heteroatoms. The first-order valence-electron chi connectivity index (χ1n) is 10.5. The summed E-state index contributed by atoms with van der Waals surface area (Å²) in [4.78, 5) is 35.0. The Morgan fingerprint density at radius 3 is 2.77 bits per heavy atom. The number of carbonyl (C=O) groups excluding carboxylic acids is 2. The molecule has 3 heterocycles. The van der Waals surface area contributed by atoms with Crippen LogP contribution in [0.25, 0.3) is 0 Å². The molecular weight excluding hydrogens is 398 g/mol. The van der Waals surface area contributed by atoms with E-state index >= 15 is 0 Å². The van der Waals surface area contributed by atoms with Crippen LogP contribution in [0.2, 0.25) is 0 Å². The summed E-state index contributed by atoms with van der Waals surface area (Å²) in [6, 6.07) is 4.15. The third kappa shape index (κ3) is 4.34. The molecule has 0 aromatic carbocycles. The number of esters is 1. The molecule has 2 fully saturated rings. The number of likely N-dealkylation sites (tertiary alicyclic amines) is 1. The zero-order chi connectivity index (χ0) is 21.8. The topological polar surface area (TPSA) is 135 Å². The maximum absolute atomic E-state index is 13.2. The molecule has 10 nitrogen and oxygen atoms in total. The van der Waals surface area contributed by atoms with E-state index in [1.807, 2.05) is 12.1 Å². The largest absolute Gasteiger partial charge is 0.456 e. The van der Waals surface area contributed by atoms with Gasteiger partial charge in [0, 0.05) is 25.3 Å². The zero-order valence-corrected chi connectivity index (χ0v) is 17.6. The lowest BCUT2D eigenvalue weighted by molar-refractivity contribution is -0.138. The molecule has 0 unspecified atom stereocenters. The van der Waals surface area contributed by atoms with Gasteiger partial charge in [-0.3, -0.25) is 4.79 Å². The molecule has 4 rings (SSSR count). The predicted molar refractivity (Wildman–Crippen MR) is 113 cm³/mol. The molecular formula is C21H27N7O3. The van der Waals surface area contributed by atoms with Crippen molar-refractivity contribution in [1.82, 2.24) is 15.2 Å². The van der Waals surface area contributed by atoms with Gasteiger partial charge in [-0.25, -0.2) is 14.8 Å². The number of nitrogens with two attached hydrogens (primary N) is 1. The molecule has 3 N–H and O–H groups in total. The number of cyclic esters (lactones) is 1. The number of aliphatic imine (C=N–C) groups is 1. The molecule has 2 aliphatic heterocycles. The van der Waals surface area contributed by atoms with Gasteiger partial charge >= 0.3 is 5.97 Å². The van der Waals surface area contributed by atoms with Crippen LogP contribution in [0, 0.1) is 5.41 Å². The van der Waals surface area contributed by atoms with Crippen LogP contribution < -0.4 is 11.2 Å². The van der Waals surface area contributed by atoms with Crippen molar-refractivity contribution in [1.29, 1.82) is 0 Å². The number of amides is 1. The average Bonchev–Trinajstić information content (AvgIpc) is 3.28. The second-order valence-corrected chi connectivity index (χ2v) is 8.29. The molecule has 1 amide bonds. The molecule has 0 radical (unpaired) electrons. The van der Waals surface area contributed by atoms with Gasteiger partial charge in [-0.2, -0.15) is 0 Å². The maximum Gasteiger partial charge on any atom is 0.336 e. The number of rotatable bonds is 6. The number of hydrogen-bond acceptors (Lipinski definition) is 7. The van der Waals surface area contributed by atoms with Crippen LogP contribution in [0.15, 0.2) is 44.9 Å². The minimum absolute atomic E-state index is 0.160. The van der Waals surface area contributed by atoms with E-state index in [1.165, 1.54) is 6.34 Å². The summed E-state index contributed by atoms with van der Waals surface area (Å²) in [5, 5.41) is 10.2. The van der Waals surface area contributed by atoms with E-state index in [2.05, 4.69) is 25.6 Å². The summed E-state index contributed by atoms with van der Waals surface area (Å²) in [5.41, 5.74) is 2.09. The normalized spacial score (nSPS) is 26.7. The van der Waals surface area contributed by atoms with Crippen molar-refractivity contribution in [3.05, 3.63) is 35.2 Å². The fraction of sp³-hybridized carbons (Fsp3) is 0.524. The van der Waals surface area contributed by atoms with Crippen molar-refractivity contribution in [2.75, 3.05) is 13.2 Å². The molecule has 1 spiro atoms. The van der Waals surface area contributed by atoms with E-state index in [9.17, 15) is 9.59 Å². The Hall–Kier alpha value is -3.14.